The van der Waals surface area contributed by atoms with Crippen LogP contribution in [0, 0.1) is 0 Å². The summed E-state index contributed by atoms with van der Waals surface area (Å²) in [4.78, 5) is 18.9. The molecule has 6 nitrogen and oxygen atoms in total. The predicted molar refractivity (Wildman–Crippen MR) is 116 cm³/mol. The van der Waals surface area contributed by atoms with Crippen LogP contribution >= 0.6 is 15.9 Å². The molecule has 0 unspecified atom stereocenters. The molecule has 0 aliphatic carbocycles. The zero-order valence-electron chi connectivity index (χ0n) is 17.1. The van der Waals surface area contributed by atoms with Crippen LogP contribution in [0.5, 0.6) is 0 Å². The Hall–Kier alpha value is -3.40. The van der Waals surface area contributed by atoms with Gasteiger partial charge in [-0.25, -0.2) is 0 Å². The van der Waals surface area contributed by atoms with E-state index in [4.69, 9.17) is 8.94 Å². The van der Waals surface area contributed by atoms with Gasteiger partial charge >= 0.3 is 6.18 Å². The number of hydrogen-bond acceptors (Lipinski definition) is 5. The first-order chi connectivity index (χ1) is 15.8. The molecule has 0 spiro atoms. The summed E-state index contributed by atoms with van der Waals surface area (Å²) in [6.45, 7) is 0.336. The molecule has 10 heteroatoms. The van der Waals surface area contributed by atoms with Gasteiger partial charge in [-0.05, 0) is 60.7 Å². The van der Waals surface area contributed by atoms with Gasteiger partial charge < -0.3 is 13.8 Å². The third-order valence-electron chi connectivity index (χ3n) is 4.84. The van der Waals surface area contributed by atoms with Crippen molar-refractivity contribution in [2.45, 2.75) is 19.1 Å². The second-order valence-electron chi connectivity index (χ2n) is 7.15. The van der Waals surface area contributed by atoms with Crippen molar-refractivity contribution >= 4 is 21.8 Å². The van der Waals surface area contributed by atoms with E-state index in [9.17, 15) is 18.0 Å². The number of rotatable bonds is 7. The van der Waals surface area contributed by atoms with Crippen molar-refractivity contribution in [3.63, 3.8) is 0 Å². The number of furan rings is 1. The SMILES string of the molecule is O=C(c1ccc(C(F)(F)F)cc1)N(CCc1nc(-c2ccc(Br)cc2)no1)Cc1ccco1. The molecule has 0 N–H and O–H groups in total. The number of alkyl halides is 3. The fraction of sp³-hybridized carbons (Fsp3) is 0.174. The monoisotopic (exact) mass is 519 g/mol. The van der Waals surface area contributed by atoms with Gasteiger partial charge in [-0.3, -0.25) is 4.79 Å². The van der Waals surface area contributed by atoms with Gasteiger partial charge in [0.1, 0.15) is 5.76 Å². The van der Waals surface area contributed by atoms with Gasteiger partial charge in [0.25, 0.3) is 5.91 Å². The van der Waals surface area contributed by atoms with Crippen molar-refractivity contribution in [3.8, 4) is 11.4 Å². The van der Waals surface area contributed by atoms with Gasteiger partial charge in [0.15, 0.2) is 0 Å². The molecule has 0 saturated heterocycles. The summed E-state index contributed by atoms with van der Waals surface area (Å²) in [5.74, 6) is 0.853. The molecule has 0 radical (unpaired) electrons. The van der Waals surface area contributed by atoms with Crippen molar-refractivity contribution in [1.82, 2.24) is 15.0 Å². The molecule has 0 atom stereocenters. The van der Waals surface area contributed by atoms with Gasteiger partial charge in [0.05, 0.1) is 18.4 Å². The summed E-state index contributed by atoms with van der Waals surface area (Å²) < 4.78 is 50.1. The fourth-order valence-corrected chi connectivity index (χ4v) is 3.39. The van der Waals surface area contributed by atoms with Crippen molar-refractivity contribution in [2.24, 2.45) is 0 Å². The highest BCUT2D eigenvalue weighted by atomic mass is 79.9. The molecule has 2 aromatic carbocycles. The third-order valence-corrected chi connectivity index (χ3v) is 5.37. The van der Waals surface area contributed by atoms with E-state index in [1.54, 1.807) is 12.1 Å². The van der Waals surface area contributed by atoms with E-state index < -0.39 is 17.6 Å². The Morgan fingerprint density at radius 3 is 2.39 bits per heavy atom. The summed E-state index contributed by atoms with van der Waals surface area (Å²) in [5, 5.41) is 3.98. The second kappa shape index (κ2) is 9.62. The summed E-state index contributed by atoms with van der Waals surface area (Å²) in [6, 6.07) is 14.9. The standard InChI is InChI=1S/C23H17BrF3N3O3/c24-18-9-5-15(6-10-18)21-28-20(33-29-21)11-12-30(14-19-2-1-13-32-19)22(31)16-3-7-17(8-4-16)23(25,26)27/h1-10,13H,11-12,14H2. The van der Waals surface area contributed by atoms with Crippen molar-refractivity contribution in [1.29, 1.82) is 0 Å². The highest BCUT2D eigenvalue weighted by Crippen LogP contribution is 2.29. The Kier molecular flexibility index (Phi) is 6.64. The number of carbonyl (C=O) groups excluding carboxylic acids is 1. The van der Waals surface area contributed by atoms with Crippen LogP contribution in [-0.4, -0.2) is 27.5 Å². The number of carbonyl (C=O) groups is 1. The first-order valence-electron chi connectivity index (χ1n) is 9.87. The molecule has 4 rings (SSSR count). The first-order valence-corrected chi connectivity index (χ1v) is 10.7. The Morgan fingerprint density at radius 1 is 1.03 bits per heavy atom. The molecule has 0 fully saturated rings. The van der Waals surface area contributed by atoms with E-state index in [1.807, 2.05) is 24.3 Å². The van der Waals surface area contributed by atoms with Gasteiger partial charge in [0.2, 0.25) is 11.7 Å². The first kappa shape index (κ1) is 22.8. The maximum Gasteiger partial charge on any atom is 0.416 e. The lowest BCUT2D eigenvalue weighted by Crippen LogP contribution is -2.32. The lowest BCUT2D eigenvalue weighted by atomic mass is 10.1. The Labute approximate surface area is 195 Å². The second-order valence-corrected chi connectivity index (χ2v) is 8.07. The van der Waals surface area contributed by atoms with E-state index in [2.05, 4.69) is 26.1 Å². The van der Waals surface area contributed by atoms with Crippen LogP contribution < -0.4 is 0 Å². The predicted octanol–water partition coefficient (Wildman–Crippen LogP) is 6.00. The quantitative estimate of drug-likeness (QED) is 0.299. The molecule has 2 heterocycles. The van der Waals surface area contributed by atoms with E-state index in [1.165, 1.54) is 23.3 Å². The van der Waals surface area contributed by atoms with Crippen molar-refractivity contribution in [2.75, 3.05) is 6.54 Å². The molecule has 0 aliphatic heterocycles. The molecule has 0 saturated carbocycles. The molecule has 0 bridgehead atoms. The maximum absolute atomic E-state index is 13.0. The molecular weight excluding hydrogens is 503 g/mol. The van der Waals surface area contributed by atoms with E-state index in [0.717, 1.165) is 22.2 Å². The number of halogens is 4. The van der Waals surface area contributed by atoms with Gasteiger partial charge in [-0.1, -0.05) is 21.1 Å². The molecule has 0 aliphatic rings. The lowest BCUT2D eigenvalue weighted by Gasteiger charge is -2.21. The topological polar surface area (TPSA) is 72.4 Å². The van der Waals surface area contributed by atoms with E-state index in [0.29, 0.717) is 17.5 Å². The van der Waals surface area contributed by atoms with Crippen molar-refractivity contribution < 1.29 is 26.9 Å². The number of nitrogens with zero attached hydrogens (tertiary/aromatic N) is 3. The minimum Gasteiger partial charge on any atom is -0.467 e. The Morgan fingerprint density at radius 2 is 1.76 bits per heavy atom. The number of hydrogen-bond donors (Lipinski definition) is 0. The van der Waals surface area contributed by atoms with Crippen LogP contribution in [0.15, 0.2) is 80.3 Å². The molecule has 2 aromatic heterocycles. The Balaban J connectivity index is 1.49. The minimum absolute atomic E-state index is 0.135. The normalized spacial score (nSPS) is 11.5. The van der Waals surface area contributed by atoms with Crippen molar-refractivity contribution in [3.05, 3.63) is 94.2 Å². The van der Waals surface area contributed by atoms with Gasteiger partial charge in [0, 0.05) is 28.6 Å². The fourth-order valence-electron chi connectivity index (χ4n) is 3.13. The highest BCUT2D eigenvalue weighted by Gasteiger charge is 2.30. The lowest BCUT2D eigenvalue weighted by molar-refractivity contribution is -0.137. The highest BCUT2D eigenvalue weighted by molar-refractivity contribution is 9.10. The average Bonchev–Trinajstić information content (AvgIpc) is 3.48. The number of aromatic nitrogens is 2. The maximum atomic E-state index is 13.0. The number of amides is 1. The zero-order valence-corrected chi connectivity index (χ0v) is 18.6. The molecule has 33 heavy (non-hydrogen) atoms. The molecular formula is C23H17BrF3N3O3. The molecule has 1 amide bonds. The van der Waals surface area contributed by atoms with E-state index in [-0.39, 0.29) is 25.1 Å². The summed E-state index contributed by atoms with van der Waals surface area (Å²) in [6.07, 6.45) is -2.73. The smallest absolute Gasteiger partial charge is 0.416 e. The van der Waals surface area contributed by atoms with E-state index >= 15 is 0 Å². The summed E-state index contributed by atoms with van der Waals surface area (Å²) in [5.41, 5.74) is 0.0973. The Bertz CT molecular complexity index is 1200. The minimum atomic E-state index is -4.47. The third kappa shape index (κ3) is 5.70. The van der Waals surface area contributed by atoms with Crippen LogP contribution in [0.4, 0.5) is 13.2 Å². The van der Waals surface area contributed by atoms with Crippen LogP contribution in [0.25, 0.3) is 11.4 Å². The van der Waals surface area contributed by atoms with Crippen LogP contribution in [0.2, 0.25) is 0 Å². The molecule has 170 valence electrons. The van der Waals surface area contributed by atoms with Crippen LogP contribution in [-0.2, 0) is 19.1 Å². The van der Waals surface area contributed by atoms with Gasteiger partial charge in [-0.2, -0.15) is 18.2 Å². The van der Waals surface area contributed by atoms with Crippen LogP contribution in [0.1, 0.15) is 27.6 Å². The number of benzene rings is 2. The van der Waals surface area contributed by atoms with Gasteiger partial charge in [-0.15, -0.1) is 0 Å². The summed E-state index contributed by atoms with van der Waals surface area (Å²) >= 11 is 3.37. The average molecular weight is 520 g/mol. The largest absolute Gasteiger partial charge is 0.467 e. The van der Waals surface area contributed by atoms with Crippen LogP contribution in [0.3, 0.4) is 0 Å². The molecule has 4 aromatic rings. The zero-order chi connectivity index (χ0) is 23.4. The summed E-state index contributed by atoms with van der Waals surface area (Å²) in [7, 11) is 0.